The minimum atomic E-state index is 0.0611. The van der Waals surface area contributed by atoms with Gasteiger partial charge < -0.3 is 14.8 Å². The maximum absolute atomic E-state index is 5.33. The average Bonchev–Trinajstić information content (AvgIpc) is 2.45. The molecule has 1 aromatic heterocycles. The summed E-state index contributed by atoms with van der Waals surface area (Å²) in [5.41, 5.74) is 2.98. The summed E-state index contributed by atoms with van der Waals surface area (Å²) in [5.74, 6) is 2.07. The Kier molecular flexibility index (Phi) is 4.62. The van der Waals surface area contributed by atoms with Crippen LogP contribution in [0.25, 0.3) is 0 Å². The van der Waals surface area contributed by atoms with Gasteiger partial charge in [-0.15, -0.1) is 0 Å². The quantitative estimate of drug-likeness (QED) is 0.914. The Morgan fingerprint density at radius 3 is 2.14 bits per heavy atom. The molecule has 1 aromatic carbocycles. The zero-order valence-corrected chi connectivity index (χ0v) is 13.1. The van der Waals surface area contributed by atoms with E-state index in [4.69, 9.17) is 9.47 Å². The van der Waals surface area contributed by atoms with Crippen molar-refractivity contribution in [1.82, 2.24) is 9.97 Å². The van der Waals surface area contributed by atoms with Crippen LogP contribution in [0, 0.1) is 13.8 Å². The Balaban J connectivity index is 2.21. The normalized spacial score (nSPS) is 11.9. The molecule has 0 saturated heterocycles. The Hall–Kier alpha value is -2.30. The van der Waals surface area contributed by atoms with Gasteiger partial charge in [-0.25, -0.2) is 9.97 Å². The number of ether oxygens (including phenoxy) is 2. The molecule has 1 atom stereocenters. The lowest BCUT2D eigenvalue weighted by Crippen LogP contribution is -2.10. The number of hydrogen-bond acceptors (Lipinski definition) is 5. The van der Waals surface area contributed by atoms with Crippen molar-refractivity contribution in [2.75, 3.05) is 19.5 Å². The molecule has 5 heteroatoms. The second kappa shape index (κ2) is 6.43. The van der Waals surface area contributed by atoms with Gasteiger partial charge in [0.1, 0.15) is 0 Å². The lowest BCUT2D eigenvalue weighted by Gasteiger charge is -2.17. The highest BCUT2D eigenvalue weighted by Crippen LogP contribution is 2.30. The van der Waals surface area contributed by atoms with E-state index in [-0.39, 0.29) is 6.04 Å². The van der Waals surface area contributed by atoms with Gasteiger partial charge in [-0.1, -0.05) is 6.07 Å². The SMILES string of the molecule is COc1ccc([C@@H](C)Nc2nc(C)cc(C)n2)cc1OC. The molecule has 2 rings (SSSR count). The summed E-state index contributed by atoms with van der Waals surface area (Å²) in [4.78, 5) is 8.80. The van der Waals surface area contributed by atoms with Gasteiger partial charge in [0.25, 0.3) is 0 Å². The monoisotopic (exact) mass is 287 g/mol. The first-order chi connectivity index (χ1) is 10.0. The molecule has 0 aliphatic rings. The predicted molar refractivity (Wildman–Crippen MR) is 83.1 cm³/mol. The van der Waals surface area contributed by atoms with E-state index in [0.717, 1.165) is 22.7 Å². The van der Waals surface area contributed by atoms with E-state index in [0.29, 0.717) is 11.7 Å². The molecule has 0 saturated carbocycles. The van der Waals surface area contributed by atoms with Gasteiger partial charge in [-0.05, 0) is 44.5 Å². The van der Waals surface area contributed by atoms with Crippen LogP contribution in [0.1, 0.15) is 29.9 Å². The fraction of sp³-hybridized carbons (Fsp3) is 0.375. The fourth-order valence-corrected chi connectivity index (χ4v) is 2.19. The molecule has 0 amide bonds. The van der Waals surface area contributed by atoms with Crippen molar-refractivity contribution < 1.29 is 9.47 Å². The minimum absolute atomic E-state index is 0.0611. The number of nitrogens with zero attached hydrogens (tertiary/aromatic N) is 2. The van der Waals surface area contributed by atoms with E-state index >= 15 is 0 Å². The molecule has 0 aliphatic heterocycles. The Labute approximate surface area is 125 Å². The third-order valence-electron chi connectivity index (χ3n) is 3.24. The second-order valence-corrected chi connectivity index (χ2v) is 4.95. The maximum Gasteiger partial charge on any atom is 0.223 e. The van der Waals surface area contributed by atoms with Crippen LogP contribution in [0.3, 0.4) is 0 Å². The number of hydrogen-bond donors (Lipinski definition) is 1. The van der Waals surface area contributed by atoms with Crippen LogP contribution in [-0.2, 0) is 0 Å². The van der Waals surface area contributed by atoms with Crippen LogP contribution in [-0.4, -0.2) is 24.2 Å². The van der Waals surface area contributed by atoms with Crippen LogP contribution >= 0.6 is 0 Å². The summed E-state index contributed by atoms with van der Waals surface area (Å²) in [5, 5.41) is 3.31. The number of benzene rings is 1. The molecule has 1 heterocycles. The zero-order valence-electron chi connectivity index (χ0n) is 13.1. The molecular formula is C16H21N3O2. The standard InChI is InChI=1S/C16H21N3O2/c1-10-8-11(2)18-16(17-10)19-12(3)13-6-7-14(20-4)15(9-13)21-5/h6-9,12H,1-5H3,(H,17,18,19)/t12-/m1/s1. The molecule has 1 N–H and O–H groups in total. The first-order valence-corrected chi connectivity index (χ1v) is 6.84. The van der Waals surface area contributed by atoms with E-state index in [2.05, 4.69) is 22.2 Å². The molecule has 21 heavy (non-hydrogen) atoms. The summed E-state index contributed by atoms with van der Waals surface area (Å²) < 4.78 is 10.6. The molecule has 0 fully saturated rings. The van der Waals surface area contributed by atoms with Crippen LogP contribution in [0.15, 0.2) is 24.3 Å². The number of aromatic nitrogens is 2. The van der Waals surface area contributed by atoms with Gasteiger partial charge in [0.2, 0.25) is 5.95 Å². The van der Waals surface area contributed by atoms with Crippen molar-refractivity contribution in [1.29, 1.82) is 0 Å². The van der Waals surface area contributed by atoms with Crippen LogP contribution in [0.2, 0.25) is 0 Å². The third kappa shape index (κ3) is 3.62. The summed E-state index contributed by atoms with van der Waals surface area (Å²) in [7, 11) is 3.26. The smallest absolute Gasteiger partial charge is 0.223 e. The Morgan fingerprint density at radius 1 is 0.952 bits per heavy atom. The molecule has 2 aromatic rings. The van der Waals surface area contributed by atoms with Gasteiger partial charge >= 0.3 is 0 Å². The molecule has 0 aliphatic carbocycles. The van der Waals surface area contributed by atoms with Crippen LogP contribution in [0.4, 0.5) is 5.95 Å². The van der Waals surface area contributed by atoms with Crippen molar-refractivity contribution in [2.24, 2.45) is 0 Å². The maximum atomic E-state index is 5.33. The lowest BCUT2D eigenvalue weighted by molar-refractivity contribution is 0.354. The van der Waals surface area contributed by atoms with Gasteiger partial charge in [-0.2, -0.15) is 0 Å². The predicted octanol–water partition coefficient (Wildman–Crippen LogP) is 3.28. The number of aryl methyl sites for hydroxylation is 2. The average molecular weight is 287 g/mol. The zero-order chi connectivity index (χ0) is 15.4. The van der Waals surface area contributed by atoms with Gasteiger partial charge in [0.05, 0.1) is 20.3 Å². The van der Waals surface area contributed by atoms with Crippen LogP contribution in [0.5, 0.6) is 11.5 Å². The van der Waals surface area contributed by atoms with Crippen molar-refractivity contribution in [3.8, 4) is 11.5 Å². The minimum Gasteiger partial charge on any atom is -0.493 e. The highest BCUT2D eigenvalue weighted by Gasteiger charge is 2.11. The fourth-order valence-electron chi connectivity index (χ4n) is 2.19. The molecular weight excluding hydrogens is 266 g/mol. The van der Waals surface area contributed by atoms with Crippen molar-refractivity contribution in [3.63, 3.8) is 0 Å². The number of anilines is 1. The summed E-state index contributed by atoms with van der Waals surface area (Å²) in [6, 6.07) is 7.87. The lowest BCUT2D eigenvalue weighted by atomic mass is 10.1. The van der Waals surface area contributed by atoms with E-state index in [1.54, 1.807) is 14.2 Å². The molecule has 0 radical (unpaired) electrons. The first-order valence-electron chi connectivity index (χ1n) is 6.84. The summed E-state index contributed by atoms with van der Waals surface area (Å²) in [6.45, 7) is 5.98. The van der Waals surface area contributed by atoms with E-state index in [1.807, 2.05) is 38.1 Å². The molecule has 112 valence electrons. The first kappa shape index (κ1) is 15.1. The van der Waals surface area contributed by atoms with Crippen molar-refractivity contribution >= 4 is 5.95 Å². The summed E-state index contributed by atoms with van der Waals surface area (Å²) >= 11 is 0. The Bertz CT molecular complexity index is 609. The number of nitrogens with one attached hydrogen (secondary N) is 1. The van der Waals surface area contributed by atoms with Crippen molar-refractivity contribution in [3.05, 3.63) is 41.2 Å². The summed E-state index contributed by atoms with van der Waals surface area (Å²) in [6.07, 6.45) is 0. The topological polar surface area (TPSA) is 56.3 Å². The Morgan fingerprint density at radius 2 is 1.57 bits per heavy atom. The molecule has 0 unspecified atom stereocenters. The molecule has 5 nitrogen and oxygen atoms in total. The second-order valence-electron chi connectivity index (χ2n) is 4.95. The highest BCUT2D eigenvalue weighted by molar-refractivity contribution is 5.45. The number of rotatable bonds is 5. The van der Waals surface area contributed by atoms with Gasteiger partial charge in [0, 0.05) is 11.4 Å². The van der Waals surface area contributed by atoms with E-state index < -0.39 is 0 Å². The van der Waals surface area contributed by atoms with Gasteiger partial charge in [0.15, 0.2) is 11.5 Å². The highest BCUT2D eigenvalue weighted by atomic mass is 16.5. The third-order valence-corrected chi connectivity index (χ3v) is 3.24. The van der Waals surface area contributed by atoms with E-state index in [1.165, 1.54) is 0 Å². The largest absolute Gasteiger partial charge is 0.493 e. The van der Waals surface area contributed by atoms with Crippen LogP contribution < -0.4 is 14.8 Å². The van der Waals surface area contributed by atoms with E-state index in [9.17, 15) is 0 Å². The van der Waals surface area contributed by atoms with Gasteiger partial charge in [-0.3, -0.25) is 0 Å². The number of methoxy groups -OCH3 is 2. The molecule has 0 spiro atoms. The molecule has 0 bridgehead atoms. The van der Waals surface area contributed by atoms with Crippen molar-refractivity contribution in [2.45, 2.75) is 26.8 Å².